The zero-order chi connectivity index (χ0) is 23.8. The Morgan fingerprint density at radius 3 is 2.75 bits per heavy atom. The minimum absolute atomic E-state index is 0.0448. The smallest absolute Gasteiger partial charge is 0.432 e. The van der Waals surface area contributed by atoms with Crippen LogP contribution >= 0.6 is 7.75 Å². The molecule has 1 fully saturated rings. The molecule has 0 saturated carbocycles. The number of rotatable bonds is 8. The number of imidazole rings is 1. The van der Waals surface area contributed by atoms with Crippen molar-refractivity contribution in [2.45, 2.75) is 37.0 Å². The molecule has 17 nitrogen and oxygen atoms in total. The lowest BCUT2D eigenvalue weighted by molar-refractivity contribution is -0.139. The Morgan fingerprint density at radius 1 is 1.41 bits per heavy atom. The molecule has 176 valence electrons. The van der Waals surface area contributed by atoms with E-state index in [4.69, 9.17) is 25.8 Å². The quantitative estimate of drug-likeness (QED) is 0.170. The summed E-state index contributed by atoms with van der Waals surface area (Å²) in [6.07, 6.45) is -5.52. The lowest BCUT2D eigenvalue weighted by Gasteiger charge is -2.19. The highest BCUT2D eigenvalue weighted by atomic mass is 31.2. The van der Waals surface area contributed by atoms with Crippen molar-refractivity contribution in [2.24, 2.45) is 5.73 Å². The number of carboxylic acid groups (broad SMARTS) is 1. The van der Waals surface area contributed by atoms with Crippen LogP contribution < -0.4 is 22.1 Å². The molecular formula is C14H20N7O10P. The number of hydrogen-bond donors (Lipinski definition) is 8. The molecule has 32 heavy (non-hydrogen) atoms. The molecule has 2 aromatic heterocycles. The first-order chi connectivity index (χ1) is 14.9. The van der Waals surface area contributed by atoms with Gasteiger partial charge in [0.2, 0.25) is 11.9 Å². The molecule has 1 saturated heterocycles. The van der Waals surface area contributed by atoms with Gasteiger partial charge < -0.3 is 36.4 Å². The molecule has 0 aliphatic carbocycles. The molecule has 18 heteroatoms. The first-order valence-corrected chi connectivity index (χ1v) is 10.5. The number of anilines is 1. The van der Waals surface area contributed by atoms with Crippen LogP contribution in [0.2, 0.25) is 0 Å². The number of amides is 1. The van der Waals surface area contributed by atoms with Crippen LogP contribution in [0.25, 0.3) is 11.2 Å². The number of ether oxygens (including phenoxy) is 1. The normalized spacial score (nSPS) is 26.0. The lowest BCUT2D eigenvalue weighted by atomic mass is 10.1. The van der Waals surface area contributed by atoms with Crippen LogP contribution in [-0.4, -0.2) is 82.6 Å². The number of aliphatic hydroxyl groups is 2. The van der Waals surface area contributed by atoms with E-state index < -0.39 is 68.8 Å². The molecule has 1 amide bonds. The van der Waals surface area contributed by atoms with Gasteiger partial charge in [-0.2, -0.15) is 4.98 Å². The molecule has 0 aromatic carbocycles. The number of carbonyl (C=O) groups excluding carboxylic acids is 1. The number of fused-ring (bicyclic) bond motifs is 1. The van der Waals surface area contributed by atoms with E-state index in [1.54, 1.807) is 5.09 Å². The number of H-pyrrole nitrogens is 1. The number of aromatic amines is 1. The lowest BCUT2D eigenvalue weighted by Crippen LogP contribution is -2.41. The number of aliphatic carboxylic acids is 1. The van der Waals surface area contributed by atoms with Crippen molar-refractivity contribution in [1.29, 1.82) is 0 Å². The number of nitrogens with zero attached hydrogens (tertiary/aromatic N) is 3. The summed E-state index contributed by atoms with van der Waals surface area (Å²) in [4.78, 5) is 53.9. The van der Waals surface area contributed by atoms with Crippen LogP contribution in [0.1, 0.15) is 12.6 Å². The van der Waals surface area contributed by atoms with Crippen LogP contribution in [-0.2, 0) is 23.4 Å². The van der Waals surface area contributed by atoms with Gasteiger partial charge in [-0.3, -0.25) is 33.5 Å². The minimum Gasteiger partial charge on any atom is -0.481 e. The standard InChI is InChI=1S/C14H20N7O10P/c15-4(1-6(22)23)11(26)20-32(28,29)30-2-5-8(24)9(25)13(31-5)21-3-17-7-10(21)18-14(16)19-12(7)27/h3-5,8-9,13,24-25H,1-2,15H2,(H,22,23)(H3,16,18,19,27)(H2,20,26,28,29)/t4-,5+,8+,9+,13-/m0/s1. The Bertz CT molecular complexity index is 1130. The number of carboxylic acids is 1. The van der Waals surface area contributed by atoms with Crippen LogP contribution in [0.15, 0.2) is 11.1 Å². The Morgan fingerprint density at radius 2 is 2.09 bits per heavy atom. The van der Waals surface area contributed by atoms with Crippen molar-refractivity contribution in [3.05, 3.63) is 16.7 Å². The van der Waals surface area contributed by atoms with E-state index in [1.165, 1.54) is 0 Å². The van der Waals surface area contributed by atoms with E-state index in [0.717, 1.165) is 10.9 Å². The molecule has 2 aromatic rings. The molecule has 0 radical (unpaired) electrons. The second-order valence-corrected chi connectivity index (χ2v) is 8.34. The molecule has 1 unspecified atom stereocenters. The van der Waals surface area contributed by atoms with Gasteiger partial charge in [-0.05, 0) is 0 Å². The summed E-state index contributed by atoms with van der Waals surface area (Å²) in [5, 5.41) is 30.7. The summed E-state index contributed by atoms with van der Waals surface area (Å²) >= 11 is 0. The minimum atomic E-state index is -4.82. The van der Waals surface area contributed by atoms with Gasteiger partial charge >= 0.3 is 13.7 Å². The average Bonchev–Trinajstić information content (AvgIpc) is 3.21. The fourth-order valence-corrected chi connectivity index (χ4v) is 3.79. The number of carbonyl (C=O) groups is 2. The Labute approximate surface area is 177 Å². The van der Waals surface area contributed by atoms with Crippen LogP contribution in [0.5, 0.6) is 0 Å². The number of nitrogens with two attached hydrogens (primary N) is 2. The second-order valence-electron chi connectivity index (χ2n) is 6.82. The molecule has 0 bridgehead atoms. The molecule has 10 N–H and O–H groups in total. The van der Waals surface area contributed by atoms with Crippen molar-refractivity contribution >= 4 is 36.7 Å². The van der Waals surface area contributed by atoms with E-state index in [-0.39, 0.29) is 17.1 Å². The largest absolute Gasteiger partial charge is 0.481 e. The average molecular weight is 477 g/mol. The number of hydrogen-bond acceptors (Lipinski definition) is 12. The van der Waals surface area contributed by atoms with E-state index in [2.05, 4.69) is 15.0 Å². The molecule has 0 spiro atoms. The van der Waals surface area contributed by atoms with E-state index >= 15 is 0 Å². The molecule has 1 aliphatic heterocycles. The summed E-state index contributed by atoms with van der Waals surface area (Å²) in [6, 6.07) is -1.60. The third kappa shape index (κ3) is 4.94. The van der Waals surface area contributed by atoms with Gasteiger partial charge in [0.15, 0.2) is 17.4 Å². The Balaban J connectivity index is 1.68. The number of nitrogens with one attached hydrogen (secondary N) is 2. The van der Waals surface area contributed by atoms with Crippen LogP contribution in [0.3, 0.4) is 0 Å². The van der Waals surface area contributed by atoms with Gasteiger partial charge in [-0.1, -0.05) is 0 Å². The van der Waals surface area contributed by atoms with Crippen molar-refractivity contribution in [3.8, 4) is 0 Å². The van der Waals surface area contributed by atoms with Crippen molar-refractivity contribution < 1.29 is 43.6 Å². The highest BCUT2D eigenvalue weighted by molar-refractivity contribution is 7.51. The summed E-state index contributed by atoms with van der Waals surface area (Å²) in [5.74, 6) is -2.87. The zero-order valence-electron chi connectivity index (χ0n) is 16.1. The predicted molar refractivity (Wildman–Crippen MR) is 103 cm³/mol. The number of nitrogen functional groups attached to an aromatic ring is 1. The van der Waals surface area contributed by atoms with Crippen molar-refractivity contribution in [3.63, 3.8) is 0 Å². The Kier molecular flexibility index (Phi) is 6.61. The second kappa shape index (κ2) is 8.91. The van der Waals surface area contributed by atoms with Gasteiger partial charge in [0.25, 0.3) is 5.56 Å². The van der Waals surface area contributed by atoms with Gasteiger partial charge in [0.1, 0.15) is 18.3 Å². The first kappa shape index (κ1) is 23.7. The van der Waals surface area contributed by atoms with Gasteiger partial charge in [-0.25, -0.2) is 9.55 Å². The molecule has 1 aliphatic rings. The van der Waals surface area contributed by atoms with Crippen LogP contribution in [0.4, 0.5) is 5.95 Å². The van der Waals surface area contributed by atoms with E-state index in [9.17, 15) is 34.1 Å². The summed E-state index contributed by atoms with van der Waals surface area (Å²) in [5.41, 5.74) is 10.0. The fourth-order valence-electron chi connectivity index (χ4n) is 2.94. The van der Waals surface area contributed by atoms with Gasteiger partial charge in [0.05, 0.1) is 25.4 Å². The summed E-state index contributed by atoms with van der Waals surface area (Å²) in [6.45, 7) is -0.764. The van der Waals surface area contributed by atoms with Gasteiger partial charge in [0, 0.05) is 0 Å². The topological polar surface area (TPSA) is 278 Å². The van der Waals surface area contributed by atoms with E-state index in [1.807, 2.05) is 0 Å². The van der Waals surface area contributed by atoms with Crippen LogP contribution in [0, 0.1) is 0 Å². The van der Waals surface area contributed by atoms with Crippen molar-refractivity contribution in [1.82, 2.24) is 24.6 Å². The van der Waals surface area contributed by atoms with Crippen molar-refractivity contribution in [2.75, 3.05) is 12.3 Å². The molecule has 3 rings (SSSR count). The zero-order valence-corrected chi connectivity index (χ0v) is 17.0. The number of aliphatic hydroxyl groups excluding tert-OH is 2. The third-order valence-electron chi connectivity index (χ3n) is 4.46. The first-order valence-electron chi connectivity index (χ1n) is 8.90. The summed E-state index contributed by atoms with van der Waals surface area (Å²) in [7, 11) is -4.82. The predicted octanol–water partition coefficient (Wildman–Crippen LogP) is -3.64. The fraction of sp³-hybridized carbons (Fsp3) is 0.500. The molecule has 3 heterocycles. The molecule has 6 atom stereocenters. The maximum atomic E-state index is 12.0. The van der Waals surface area contributed by atoms with E-state index in [0.29, 0.717) is 0 Å². The number of aromatic nitrogens is 4. The summed E-state index contributed by atoms with van der Waals surface area (Å²) < 4.78 is 23.4. The monoisotopic (exact) mass is 477 g/mol. The third-order valence-corrected chi connectivity index (χ3v) is 5.46. The molecular weight excluding hydrogens is 457 g/mol. The SMILES string of the molecule is Nc1nc2c(ncn2[C@H]2O[C@H](COP(=O)(O)NC(=O)[C@@H](N)CC(=O)O)[C@@H](O)[C@H]2O)c(=O)[nH]1. The Hall–Kier alpha value is -2.92. The highest BCUT2D eigenvalue weighted by Crippen LogP contribution is 2.39. The maximum absolute atomic E-state index is 12.0. The highest BCUT2D eigenvalue weighted by Gasteiger charge is 2.45. The van der Waals surface area contributed by atoms with Gasteiger partial charge in [-0.15, -0.1) is 0 Å². The maximum Gasteiger partial charge on any atom is 0.432 e.